The number of hydrogen-bond donors (Lipinski definition) is 2. The van der Waals surface area contributed by atoms with Crippen LogP contribution in [0, 0.1) is 0 Å². The maximum absolute atomic E-state index is 5.85. The minimum absolute atomic E-state index is 0.350. The topological polar surface area (TPSA) is 92.4 Å². The lowest BCUT2D eigenvalue weighted by molar-refractivity contribution is 0.295. The largest absolute Gasteiger partial charge is 0.486 e. The summed E-state index contributed by atoms with van der Waals surface area (Å²) in [6.45, 7) is 2.70. The molecule has 0 saturated carbocycles. The van der Waals surface area contributed by atoms with Crippen molar-refractivity contribution in [3.63, 3.8) is 0 Å². The molecule has 0 amide bonds. The van der Waals surface area contributed by atoms with Crippen LogP contribution in [0.3, 0.4) is 0 Å². The zero-order chi connectivity index (χ0) is 14.5. The van der Waals surface area contributed by atoms with E-state index in [0.29, 0.717) is 30.8 Å². The van der Waals surface area contributed by atoms with E-state index in [4.69, 9.17) is 10.5 Å². The molecule has 1 aliphatic heterocycles. The van der Waals surface area contributed by atoms with Gasteiger partial charge in [-0.3, -0.25) is 5.10 Å². The van der Waals surface area contributed by atoms with Crippen LogP contribution in [0.2, 0.25) is 0 Å². The molecule has 0 unspecified atom stereocenters. The lowest BCUT2D eigenvalue weighted by Gasteiger charge is -2.31. The third kappa shape index (κ3) is 3.50. The summed E-state index contributed by atoms with van der Waals surface area (Å²) in [4.78, 5) is 10.6. The average molecular weight is 286 g/mol. The summed E-state index contributed by atoms with van der Waals surface area (Å²) < 4.78 is 5.59. The van der Waals surface area contributed by atoms with Crippen molar-refractivity contribution in [3.8, 4) is 5.75 Å². The molecule has 2 aromatic rings. The second-order valence-corrected chi connectivity index (χ2v) is 4.82. The number of aliphatic imine (C=N–C) groups is 1. The van der Waals surface area contributed by atoms with E-state index in [-0.39, 0.29) is 0 Å². The summed E-state index contributed by atoms with van der Waals surface area (Å²) in [5, 5.41) is 6.95. The molecule has 7 heteroatoms. The van der Waals surface area contributed by atoms with Crippen LogP contribution in [-0.2, 0) is 13.2 Å². The molecular weight excluding hydrogens is 268 g/mol. The molecule has 0 atom stereocenters. The van der Waals surface area contributed by atoms with E-state index in [1.807, 2.05) is 35.2 Å². The third-order valence-corrected chi connectivity index (χ3v) is 3.26. The van der Waals surface area contributed by atoms with Gasteiger partial charge in [0, 0.05) is 13.1 Å². The van der Waals surface area contributed by atoms with Gasteiger partial charge in [0.1, 0.15) is 18.9 Å². The highest BCUT2D eigenvalue weighted by Crippen LogP contribution is 2.10. The predicted molar refractivity (Wildman–Crippen MR) is 78.7 cm³/mol. The summed E-state index contributed by atoms with van der Waals surface area (Å²) in [6.07, 6.45) is 1.18. The Labute approximate surface area is 122 Å². The van der Waals surface area contributed by atoms with Crippen LogP contribution in [0.4, 0.5) is 0 Å². The van der Waals surface area contributed by atoms with Crippen LogP contribution >= 0.6 is 0 Å². The van der Waals surface area contributed by atoms with Crippen LogP contribution in [0.15, 0.2) is 35.3 Å². The number of nitrogens with two attached hydrogens (primary N) is 1. The first kappa shape index (κ1) is 13.4. The van der Waals surface area contributed by atoms with Crippen molar-refractivity contribution in [2.75, 3.05) is 13.1 Å². The number of aromatic nitrogens is 3. The monoisotopic (exact) mass is 286 g/mol. The van der Waals surface area contributed by atoms with Gasteiger partial charge in [0.2, 0.25) is 0 Å². The van der Waals surface area contributed by atoms with Gasteiger partial charge in [0.25, 0.3) is 0 Å². The lowest BCUT2D eigenvalue weighted by Crippen LogP contribution is -2.46. The van der Waals surface area contributed by atoms with E-state index < -0.39 is 0 Å². The van der Waals surface area contributed by atoms with Gasteiger partial charge in [-0.15, -0.1) is 0 Å². The van der Waals surface area contributed by atoms with Gasteiger partial charge in [-0.1, -0.05) is 18.2 Å². The van der Waals surface area contributed by atoms with Gasteiger partial charge < -0.3 is 15.4 Å². The van der Waals surface area contributed by atoms with Gasteiger partial charge in [0.15, 0.2) is 17.6 Å². The molecule has 2 heterocycles. The standard InChI is InChI=1S/C14H18N6O/c15-14(20-7-4-8-20)16-9-12-17-13(19-18-12)10-21-11-5-2-1-3-6-11/h1-3,5-6H,4,7-10H2,(H2,15,16)(H,17,18,19). The molecule has 1 fully saturated rings. The van der Waals surface area contributed by atoms with Gasteiger partial charge in [-0.2, -0.15) is 5.10 Å². The first-order valence-corrected chi connectivity index (χ1v) is 6.94. The highest BCUT2D eigenvalue weighted by Gasteiger charge is 2.15. The van der Waals surface area contributed by atoms with Crippen molar-refractivity contribution in [2.24, 2.45) is 10.7 Å². The van der Waals surface area contributed by atoms with Gasteiger partial charge >= 0.3 is 0 Å². The van der Waals surface area contributed by atoms with Gasteiger partial charge in [-0.25, -0.2) is 9.98 Å². The molecule has 1 aromatic heterocycles. The Bertz CT molecular complexity index is 605. The molecule has 21 heavy (non-hydrogen) atoms. The number of ether oxygens (including phenoxy) is 1. The number of hydrogen-bond acceptors (Lipinski definition) is 4. The van der Waals surface area contributed by atoms with E-state index in [2.05, 4.69) is 20.2 Å². The summed E-state index contributed by atoms with van der Waals surface area (Å²) in [6, 6.07) is 9.59. The van der Waals surface area contributed by atoms with E-state index >= 15 is 0 Å². The molecule has 7 nitrogen and oxygen atoms in total. The van der Waals surface area contributed by atoms with Crippen molar-refractivity contribution in [2.45, 2.75) is 19.6 Å². The SMILES string of the molecule is NC(=NCc1n[nH]c(COc2ccccc2)n1)N1CCC1. The maximum atomic E-state index is 5.85. The van der Waals surface area contributed by atoms with Crippen LogP contribution in [0.25, 0.3) is 0 Å². The minimum atomic E-state index is 0.350. The van der Waals surface area contributed by atoms with Crippen molar-refractivity contribution in [3.05, 3.63) is 42.0 Å². The summed E-state index contributed by atoms with van der Waals surface area (Å²) in [7, 11) is 0. The Balaban J connectivity index is 1.51. The molecule has 1 saturated heterocycles. The molecule has 1 aromatic carbocycles. The predicted octanol–water partition coefficient (Wildman–Crippen LogP) is 0.904. The first-order chi connectivity index (χ1) is 10.3. The fraction of sp³-hybridized carbons (Fsp3) is 0.357. The minimum Gasteiger partial charge on any atom is -0.486 e. The Morgan fingerprint density at radius 2 is 2.14 bits per heavy atom. The number of aromatic amines is 1. The number of H-pyrrole nitrogens is 1. The first-order valence-electron chi connectivity index (χ1n) is 6.94. The van der Waals surface area contributed by atoms with E-state index in [1.165, 1.54) is 6.42 Å². The summed E-state index contributed by atoms with van der Waals surface area (Å²) in [5.74, 6) is 2.65. The zero-order valence-corrected chi connectivity index (χ0v) is 11.7. The van der Waals surface area contributed by atoms with Crippen LogP contribution in [0.1, 0.15) is 18.1 Å². The Morgan fingerprint density at radius 1 is 1.33 bits per heavy atom. The number of guanidine groups is 1. The quantitative estimate of drug-likeness (QED) is 0.629. The molecule has 0 aliphatic carbocycles. The number of likely N-dealkylation sites (tertiary alicyclic amines) is 1. The maximum Gasteiger partial charge on any atom is 0.191 e. The molecule has 110 valence electrons. The Hall–Kier alpha value is -2.57. The number of rotatable bonds is 5. The molecule has 3 rings (SSSR count). The van der Waals surface area contributed by atoms with Crippen LogP contribution in [0.5, 0.6) is 5.75 Å². The highest BCUT2D eigenvalue weighted by molar-refractivity contribution is 5.78. The lowest BCUT2D eigenvalue weighted by atomic mass is 10.2. The average Bonchev–Trinajstić information content (AvgIpc) is 2.90. The Kier molecular flexibility index (Phi) is 3.99. The number of nitrogens with zero attached hydrogens (tertiary/aromatic N) is 4. The van der Waals surface area contributed by atoms with Crippen LogP contribution < -0.4 is 10.5 Å². The number of benzene rings is 1. The molecule has 0 bridgehead atoms. The fourth-order valence-corrected chi connectivity index (χ4v) is 1.94. The van der Waals surface area contributed by atoms with Crippen molar-refractivity contribution in [1.82, 2.24) is 20.1 Å². The van der Waals surface area contributed by atoms with E-state index in [0.717, 1.165) is 18.8 Å². The van der Waals surface area contributed by atoms with Crippen LogP contribution in [-0.4, -0.2) is 39.1 Å². The van der Waals surface area contributed by atoms with Crippen molar-refractivity contribution in [1.29, 1.82) is 0 Å². The van der Waals surface area contributed by atoms with Gasteiger partial charge in [-0.05, 0) is 18.6 Å². The Morgan fingerprint density at radius 3 is 2.86 bits per heavy atom. The molecular formula is C14H18N6O. The number of nitrogens with one attached hydrogen (secondary N) is 1. The summed E-state index contributed by atoms with van der Waals surface area (Å²) in [5.41, 5.74) is 5.85. The van der Waals surface area contributed by atoms with Crippen molar-refractivity contribution < 1.29 is 4.74 Å². The van der Waals surface area contributed by atoms with Crippen molar-refractivity contribution >= 4 is 5.96 Å². The molecule has 3 N–H and O–H groups in total. The highest BCUT2D eigenvalue weighted by atomic mass is 16.5. The molecule has 1 aliphatic rings. The normalized spacial score (nSPS) is 14.9. The molecule has 0 radical (unpaired) electrons. The molecule has 0 spiro atoms. The second-order valence-electron chi connectivity index (χ2n) is 4.82. The van der Waals surface area contributed by atoms with Gasteiger partial charge in [0.05, 0.1) is 0 Å². The van der Waals surface area contributed by atoms with E-state index in [9.17, 15) is 0 Å². The zero-order valence-electron chi connectivity index (χ0n) is 11.7. The fourth-order valence-electron chi connectivity index (χ4n) is 1.94. The van der Waals surface area contributed by atoms with E-state index in [1.54, 1.807) is 0 Å². The second kappa shape index (κ2) is 6.25. The smallest absolute Gasteiger partial charge is 0.191 e. The summed E-state index contributed by atoms with van der Waals surface area (Å²) >= 11 is 0. The number of para-hydroxylation sites is 1. The third-order valence-electron chi connectivity index (χ3n) is 3.26.